The molecule has 0 aliphatic carbocycles. The molecule has 0 bridgehead atoms. The highest BCUT2D eigenvalue weighted by molar-refractivity contribution is 5.76. The molecule has 1 aromatic heterocycles. The first-order valence-corrected chi connectivity index (χ1v) is 6.75. The Morgan fingerprint density at radius 2 is 2.21 bits per heavy atom. The third-order valence-electron chi connectivity index (χ3n) is 3.66. The van der Waals surface area contributed by atoms with E-state index in [-0.39, 0.29) is 5.91 Å². The van der Waals surface area contributed by atoms with Crippen molar-refractivity contribution in [1.82, 2.24) is 15.1 Å². The molecule has 0 unspecified atom stereocenters. The van der Waals surface area contributed by atoms with E-state index >= 15 is 0 Å². The highest BCUT2D eigenvalue weighted by atomic mass is 16.3. The Bertz CT molecular complexity index is 430. The van der Waals surface area contributed by atoms with Crippen molar-refractivity contribution in [2.45, 2.75) is 25.9 Å². The largest absolute Gasteiger partial charge is 0.465 e. The van der Waals surface area contributed by atoms with Gasteiger partial charge in [-0.1, -0.05) is 0 Å². The van der Waals surface area contributed by atoms with Crippen LogP contribution in [0.15, 0.2) is 16.5 Å². The van der Waals surface area contributed by atoms with Crippen molar-refractivity contribution in [3.8, 4) is 0 Å². The van der Waals surface area contributed by atoms with Crippen molar-refractivity contribution in [3.05, 3.63) is 23.7 Å². The Labute approximate surface area is 114 Å². The Morgan fingerprint density at radius 3 is 2.89 bits per heavy atom. The van der Waals surface area contributed by atoms with E-state index in [4.69, 9.17) is 4.42 Å². The third kappa shape index (κ3) is 4.08. The van der Waals surface area contributed by atoms with Crippen LogP contribution in [0.25, 0.3) is 0 Å². The highest BCUT2D eigenvalue weighted by Crippen LogP contribution is 2.10. The van der Waals surface area contributed by atoms with Crippen LogP contribution in [0, 0.1) is 6.92 Å². The molecule has 106 valence electrons. The first-order chi connectivity index (χ1) is 9.04. The van der Waals surface area contributed by atoms with Crippen molar-refractivity contribution >= 4 is 5.91 Å². The van der Waals surface area contributed by atoms with E-state index in [1.165, 1.54) is 0 Å². The summed E-state index contributed by atoms with van der Waals surface area (Å²) in [7, 11) is 4.18. The molecule has 5 nitrogen and oxygen atoms in total. The van der Waals surface area contributed by atoms with Crippen molar-refractivity contribution < 1.29 is 9.21 Å². The molecule has 1 aromatic rings. The third-order valence-corrected chi connectivity index (χ3v) is 3.66. The van der Waals surface area contributed by atoms with Crippen molar-refractivity contribution in [2.24, 2.45) is 0 Å². The number of furan rings is 1. The molecule has 1 atom stereocenters. The summed E-state index contributed by atoms with van der Waals surface area (Å²) < 4.78 is 5.43. The summed E-state index contributed by atoms with van der Waals surface area (Å²) in [5.41, 5.74) is 0. The molecule has 1 fully saturated rings. The summed E-state index contributed by atoms with van der Waals surface area (Å²) in [6.07, 6.45) is 0.542. The van der Waals surface area contributed by atoms with Crippen LogP contribution in [0.3, 0.4) is 0 Å². The van der Waals surface area contributed by atoms with Gasteiger partial charge in [0.15, 0.2) is 0 Å². The van der Waals surface area contributed by atoms with Gasteiger partial charge in [0.25, 0.3) is 0 Å². The van der Waals surface area contributed by atoms with E-state index in [1.807, 2.05) is 19.1 Å². The fourth-order valence-electron chi connectivity index (χ4n) is 2.37. The molecule has 5 heteroatoms. The number of piperazine rings is 1. The molecule has 1 N–H and O–H groups in total. The van der Waals surface area contributed by atoms with Crippen LogP contribution in [-0.4, -0.2) is 55.5 Å². The van der Waals surface area contributed by atoms with Crippen LogP contribution >= 0.6 is 0 Å². The highest BCUT2D eigenvalue weighted by Gasteiger charge is 2.24. The van der Waals surface area contributed by atoms with Crippen LogP contribution in [0.5, 0.6) is 0 Å². The zero-order valence-electron chi connectivity index (χ0n) is 12.0. The summed E-state index contributed by atoms with van der Waals surface area (Å²) in [6.45, 7) is 5.41. The van der Waals surface area contributed by atoms with Gasteiger partial charge >= 0.3 is 0 Å². The Balaban J connectivity index is 1.77. The molecular weight excluding hydrogens is 242 g/mol. The van der Waals surface area contributed by atoms with Crippen LogP contribution in [0.2, 0.25) is 0 Å². The standard InChI is InChI=1S/C14H23N3O2/c1-11-4-5-13(19-11)9-15-14(18)8-12-10-16(2)6-7-17(12)3/h4-5,12H,6-10H2,1-3H3,(H,15,18)/t12-/m0/s1. The topological polar surface area (TPSA) is 48.7 Å². The molecule has 2 heterocycles. The minimum Gasteiger partial charge on any atom is -0.465 e. The molecular formula is C14H23N3O2. The maximum atomic E-state index is 11.9. The van der Waals surface area contributed by atoms with Crippen LogP contribution < -0.4 is 5.32 Å². The average Bonchev–Trinajstić information content (AvgIpc) is 2.77. The Kier molecular flexibility index (Phi) is 4.61. The number of carbonyl (C=O) groups is 1. The first kappa shape index (κ1) is 14.1. The number of carbonyl (C=O) groups excluding carboxylic acids is 1. The lowest BCUT2D eigenvalue weighted by Crippen LogP contribution is -2.51. The van der Waals surface area contributed by atoms with Gasteiger partial charge in [0, 0.05) is 32.1 Å². The molecule has 1 saturated heterocycles. The lowest BCUT2D eigenvalue weighted by atomic mass is 10.1. The van der Waals surface area contributed by atoms with E-state index in [2.05, 4.69) is 29.2 Å². The quantitative estimate of drug-likeness (QED) is 0.876. The predicted octanol–water partition coefficient (Wildman–Crippen LogP) is 0.840. The van der Waals surface area contributed by atoms with Gasteiger partial charge in [0.05, 0.1) is 6.54 Å². The van der Waals surface area contributed by atoms with Gasteiger partial charge < -0.3 is 19.5 Å². The minimum atomic E-state index is 0.0844. The van der Waals surface area contributed by atoms with Crippen LogP contribution in [0.4, 0.5) is 0 Å². The summed E-state index contributed by atoms with van der Waals surface area (Å²) in [5, 5.41) is 2.92. The number of nitrogens with zero attached hydrogens (tertiary/aromatic N) is 2. The van der Waals surface area contributed by atoms with Gasteiger partial charge in [0.1, 0.15) is 11.5 Å². The van der Waals surface area contributed by atoms with Gasteiger partial charge in [-0.15, -0.1) is 0 Å². The molecule has 0 radical (unpaired) electrons. The second-order valence-electron chi connectivity index (χ2n) is 5.39. The minimum absolute atomic E-state index is 0.0844. The van der Waals surface area contributed by atoms with Gasteiger partial charge in [-0.3, -0.25) is 4.79 Å². The smallest absolute Gasteiger partial charge is 0.221 e. The molecule has 1 aliphatic rings. The van der Waals surface area contributed by atoms with Crippen molar-refractivity contribution in [1.29, 1.82) is 0 Å². The number of nitrogens with one attached hydrogen (secondary N) is 1. The predicted molar refractivity (Wildman–Crippen MR) is 73.8 cm³/mol. The molecule has 19 heavy (non-hydrogen) atoms. The fourth-order valence-corrected chi connectivity index (χ4v) is 2.37. The Morgan fingerprint density at radius 1 is 1.42 bits per heavy atom. The number of hydrogen-bond donors (Lipinski definition) is 1. The monoisotopic (exact) mass is 265 g/mol. The van der Waals surface area contributed by atoms with E-state index in [1.54, 1.807) is 0 Å². The fraction of sp³-hybridized carbons (Fsp3) is 0.643. The zero-order valence-corrected chi connectivity index (χ0v) is 12.0. The number of hydrogen-bond acceptors (Lipinski definition) is 4. The summed E-state index contributed by atoms with van der Waals surface area (Å²) in [6, 6.07) is 4.11. The van der Waals surface area contributed by atoms with E-state index in [0.29, 0.717) is 19.0 Å². The van der Waals surface area contributed by atoms with Crippen molar-refractivity contribution in [3.63, 3.8) is 0 Å². The van der Waals surface area contributed by atoms with Crippen molar-refractivity contribution in [2.75, 3.05) is 33.7 Å². The second-order valence-corrected chi connectivity index (χ2v) is 5.39. The van der Waals surface area contributed by atoms with Gasteiger partial charge in [-0.25, -0.2) is 0 Å². The maximum absolute atomic E-state index is 11.9. The number of aryl methyl sites for hydroxylation is 1. The molecule has 0 aromatic carbocycles. The van der Waals surface area contributed by atoms with Gasteiger partial charge in [-0.2, -0.15) is 0 Å². The first-order valence-electron chi connectivity index (χ1n) is 6.75. The second kappa shape index (κ2) is 6.21. The molecule has 0 saturated carbocycles. The molecule has 2 rings (SSSR count). The summed E-state index contributed by atoms with van der Waals surface area (Å²) in [4.78, 5) is 16.5. The molecule has 0 spiro atoms. The van der Waals surface area contributed by atoms with Gasteiger partial charge in [0.2, 0.25) is 5.91 Å². The lowest BCUT2D eigenvalue weighted by molar-refractivity contribution is -0.123. The normalized spacial score (nSPS) is 21.5. The Hall–Kier alpha value is -1.33. The zero-order chi connectivity index (χ0) is 13.8. The summed E-state index contributed by atoms with van der Waals surface area (Å²) >= 11 is 0. The maximum Gasteiger partial charge on any atom is 0.221 e. The summed E-state index contributed by atoms with van der Waals surface area (Å²) in [5.74, 6) is 1.76. The molecule has 1 amide bonds. The SMILES string of the molecule is Cc1ccc(CNC(=O)C[C@H]2CN(C)CCN2C)o1. The lowest BCUT2D eigenvalue weighted by Gasteiger charge is -2.37. The average molecular weight is 265 g/mol. The van der Waals surface area contributed by atoms with Crippen LogP contribution in [-0.2, 0) is 11.3 Å². The van der Waals surface area contributed by atoms with E-state index < -0.39 is 0 Å². The van der Waals surface area contributed by atoms with E-state index in [0.717, 1.165) is 31.2 Å². The number of rotatable bonds is 4. The van der Waals surface area contributed by atoms with Gasteiger partial charge in [-0.05, 0) is 33.2 Å². The molecule has 1 aliphatic heterocycles. The van der Waals surface area contributed by atoms with E-state index in [9.17, 15) is 4.79 Å². The number of amides is 1. The number of likely N-dealkylation sites (N-methyl/N-ethyl adjacent to an activating group) is 2. The van der Waals surface area contributed by atoms with Crippen LogP contribution in [0.1, 0.15) is 17.9 Å².